The molecule has 0 fully saturated rings. The highest BCUT2D eigenvalue weighted by Crippen LogP contribution is 2.07. The standard InChI is InChI=1S/C14H25N3O/c1-3-5-6-7-8-11-18-14-10-9-13(16-17-14)12-15-4-2/h9-10,15H,3-8,11-12H2,1-2H3. The van der Waals surface area contributed by atoms with E-state index in [0.29, 0.717) is 5.88 Å². The fourth-order valence-corrected chi connectivity index (χ4v) is 1.65. The molecule has 1 aromatic heterocycles. The molecule has 18 heavy (non-hydrogen) atoms. The average Bonchev–Trinajstić information content (AvgIpc) is 2.42. The summed E-state index contributed by atoms with van der Waals surface area (Å²) in [5.41, 5.74) is 0.951. The predicted molar refractivity (Wildman–Crippen MR) is 73.7 cm³/mol. The molecule has 4 nitrogen and oxygen atoms in total. The second kappa shape index (κ2) is 9.83. The van der Waals surface area contributed by atoms with Gasteiger partial charge in [-0.1, -0.05) is 39.5 Å². The van der Waals surface area contributed by atoms with Gasteiger partial charge in [0.1, 0.15) is 0 Å². The van der Waals surface area contributed by atoms with Crippen molar-refractivity contribution in [2.75, 3.05) is 13.2 Å². The molecule has 0 aliphatic heterocycles. The Morgan fingerprint density at radius 2 is 1.89 bits per heavy atom. The molecule has 102 valence electrons. The first kappa shape index (κ1) is 14.9. The van der Waals surface area contributed by atoms with Gasteiger partial charge in [-0.3, -0.25) is 0 Å². The summed E-state index contributed by atoms with van der Waals surface area (Å²) in [6.07, 6.45) is 6.23. The average molecular weight is 251 g/mol. The van der Waals surface area contributed by atoms with Gasteiger partial charge in [-0.25, -0.2) is 0 Å². The SMILES string of the molecule is CCCCCCCOc1ccc(CNCC)nn1. The van der Waals surface area contributed by atoms with E-state index in [-0.39, 0.29) is 0 Å². The van der Waals surface area contributed by atoms with Crippen LogP contribution < -0.4 is 10.1 Å². The Kier molecular flexibility index (Phi) is 8.13. The van der Waals surface area contributed by atoms with E-state index in [4.69, 9.17) is 4.74 Å². The zero-order chi connectivity index (χ0) is 13.1. The van der Waals surface area contributed by atoms with Crippen LogP contribution in [0, 0.1) is 0 Å². The molecule has 0 atom stereocenters. The Morgan fingerprint density at radius 3 is 2.56 bits per heavy atom. The van der Waals surface area contributed by atoms with Crippen molar-refractivity contribution in [1.82, 2.24) is 15.5 Å². The van der Waals surface area contributed by atoms with Gasteiger partial charge in [-0.05, 0) is 19.0 Å². The van der Waals surface area contributed by atoms with Crippen LogP contribution in [0.3, 0.4) is 0 Å². The fraction of sp³-hybridized carbons (Fsp3) is 0.714. The topological polar surface area (TPSA) is 47.0 Å². The first-order valence-corrected chi connectivity index (χ1v) is 7.03. The van der Waals surface area contributed by atoms with Gasteiger partial charge >= 0.3 is 0 Å². The zero-order valence-corrected chi connectivity index (χ0v) is 11.6. The van der Waals surface area contributed by atoms with Crippen molar-refractivity contribution < 1.29 is 4.74 Å². The van der Waals surface area contributed by atoms with Crippen molar-refractivity contribution >= 4 is 0 Å². The van der Waals surface area contributed by atoms with Crippen molar-refractivity contribution in [3.05, 3.63) is 17.8 Å². The van der Waals surface area contributed by atoms with Gasteiger partial charge in [0, 0.05) is 12.6 Å². The third kappa shape index (κ3) is 6.55. The van der Waals surface area contributed by atoms with Gasteiger partial charge in [0.15, 0.2) is 0 Å². The smallest absolute Gasteiger partial charge is 0.233 e. The molecule has 0 amide bonds. The molecular formula is C14H25N3O. The Morgan fingerprint density at radius 1 is 1.06 bits per heavy atom. The first-order chi connectivity index (χ1) is 8.86. The quantitative estimate of drug-likeness (QED) is 0.649. The molecule has 1 rings (SSSR count). The van der Waals surface area contributed by atoms with E-state index in [9.17, 15) is 0 Å². The number of ether oxygens (including phenoxy) is 1. The van der Waals surface area contributed by atoms with E-state index in [1.807, 2.05) is 12.1 Å². The second-order valence-electron chi connectivity index (χ2n) is 4.41. The summed E-state index contributed by atoms with van der Waals surface area (Å²) in [6.45, 7) is 6.74. The number of aromatic nitrogens is 2. The van der Waals surface area contributed by atoms with E-state index >= 15 is 0 Å². The molecule has 1 aromatic rings. The highest BCUT2D eigenvalue weighted by atomic mass is 16.5. The molecule has 1 N–H and O–H groups in total. The number of nitrogens with zero attached hydrogens (tertiary/aromatic N) is 2. The number of nitrogens with one attached hydrogen (secondary N) is 1. The Balaban J connectivity index is 2.14. The lowest BCUT2D eigenvalue weighted by molar-refractivity contribution is 0.289. The van der Waals surface area contributed by atoms with Crippen LogP contribution in [-0.2, 0) is 6.54 Å². The number of rotatable bonds is 10. The van der Waals surface area contributed by atoms with Gasteiger partial charge in [0.2, 0.25) is 5.88 Å². The highest BCUT2D eigenvalue weighted by molar-refractivity contribution is 5.11. The number of hydrogen-bond acceptors (Lipinski definition) is 4. The van der Waals surface area contributed by atoms with E-state index in [2.05, 4.69) is 29.4 Å². The van der Waals surface area contributed by atoms with Crippen LogP contribution in [0.2, 0.25) is 0 Å². The van der Waals surface area contributed by atoms with E-state index in [1.165, 1.54) is 25.7 Å². The van der Waals surface area contributed by atoms with Gasteiger partial charge in [-0.15, -0.1) is 5.10 Å². The summed E-state index contributed by atoms with van der Waals surface area (Å²) in [6, 6.07) is 3.85. The van der Waals surface area contributed by atoms with Gasteiger partial charge in [0.25, 0.3) is 0 Å². The molecule has 4 heteroatoms. The number of unbranched alkanes of at least 4 members (excludes halogenated alkanes) is 4. The molecule has 0 bridgehead atoms. The molecule has 0 saturated carbocycles. The minimum absolute atomic E-state index is 0.630. The van der Waals surface area contributed by atoms with Crippen LogP contribution in [0.1, 0.15) is 51.6 Å². The van der Waals surface area contributed by atoms with Gasteiger partial charge < -0.3 is 10.1 Å². The van der Waals surface area contributed by atoms with E-state index < -0.39 is 0 Å². The first-order valence-electron chi connectivity index (χ1n) is 7.03. The summed E-state index contributed by atoms with van der Waals surface area (Å²) >= 11 is 0. The molecule has 0 aromatic carbocycles. The predicted octanol–water partition coefficient (Wildman–Crippen LogP) is 2.94. The molecule has 0 spiro atoms. The number of hydrogen-bond donors (Lipinski definition) is 1. The van der Waals surface area contributed by atoms with Crippen molar-refractivity contribution in [2.45, 2.75) is 52.5 Å². The Bertz CT molecular complexity index is 300. The fourth-order valence-electron chi connectivity index (χ4n) is 1.65. The summed E-state index contributed by atoms with van der Waals surface area (Å²) in [7, 11) is 0. The van der Waals surface area contributed by atoms with Crippen LogP contribution >= 0.6 is 0 Å². The van der Waals surface area contributed by atoms with E-state index in [1.54, 1.807) is 0 Å². The lowest BCUT2D eigenvalue weighted by atomic mass is 10.2. The Hall–Kier alpha value is -1.16. The van der Waals surface area contributed by atoms with E-state index in [0.717, 1.165) is 31.8 Å². The van der Waals surface area contributed by atoms with Crippen LogP contribution in [0.15, 0.2) is 12.1 Å². The molecule has 0 unspecified atom stereocenters. The van der Waals surface area contributed by atoms with Gasteiger partial charge in [0.05, 0.1) is 12.3 Å². The van der Waals surface area contributed by atoms with Crippen molar-refractivity contribution in [3.8, 4) is 5.88 Å². The lowest BCUT2D eigenvalue weighted by Gasteiger charge is -2.05. The van der Waals surface area contributed by atoms with Crippen LogP contribution in [0.5, 0.6) is 5.88 Å². The molecule has 0 radical (unpaired) electrons. The Labute approximate surface area is 110 Å². The van der Waals surface area contributed by atoms with Crippen molar-refractivity contribution in [3.63, 3.8) is 0 Å². The monoisotopic (exact) mass is 251 g/mol. The van der Waals surface area contributed by atoms with Gasteiger partial charge in [-0.2, -0.15) is 5.10 Å². The molecule has 0 saturated heterocycles. The molecule has 0 aliphatic carbocycles. The summed E-state index contributed by atoms with van der Waals surface area (Å²) in [5.74, 6) is 0.630. The van der Waals surface area contributed by atoms with Crippen molar-refractivity contribution in [2.24, 2.45) is 0 Å². The van der Waals surface area contributed by atoms with Crippen LogP contribution in [-0.4, -0.2) is 23.3 Å². The summed E-state index contributed by atoms with van der Waals surface area (Å²) < 4.78 is 5.55. The van der Waals surface area contributed by atoms with Crippen LogP contribution in [0.4, 0.5) is 0 Å². The maximum atomic E-state index is 5.55. The summed E-state index contributed by atoms with van der Waals surface area (Å²) in [4.78, 5) is 0. The normalized spacial score (nSPS) is 10.6. The third-order valence-corrected chi connectivity index (χ3v) is 2.75. The summed E-state index contributed by atoms with van der Waals surface area (Å²) in [5, 5.41) is 11.4. The largest absolute Gasteiger partial charge is 0.477 e. The lowest BCUT2D eigenvalue weighted by Crippen LogP contribution is -2.13. The third-order valence-electron chi connectivity index (χ3n) is 2.75. The minimum atomic E-state index is 0.630. The molecule has 1 heterocycles. The van der Waals surface area contributed by atoms with Crippen molar-refractivity contribution in [1.29, 1.82) is 0 Å². The minimum Gasteiger partial charge on any atom is -0.477 e. The molecule has 0 aliphatic rings. The zero-order valence-electron chi connectivity index (χ0n) is 11.6. The highest BCUT2D eigenvalue weighted by Gasteiger charge is 1.98. The molecular weight excluding hydrogens is 226 g/mol. The second-order valence-corrected chi connectivity index (χ2v) is 4.41. The van der Waals surface area contributed by atoms with Crippen LogP contribution in [0.25, 0.3) is 0 Å². The maximum Gasteiger partial charge on any atom is 0.233 e. The maximum absolute atomic E-state index is 5.55.